The van der Waals surface area contributed by atoms with Gasteiger partial charge in [0, 0.05) is 0 Å². The average Bonchev–Trinajstić information content (AvgIpc) is 1.94. The van der Waals surface area contributed by atoms with Crippen LogP contribution in [0.1, 0.15) is 10.4 Å². The zero-order valence-corrected chi connectivity index (χ0v) is 6.79. The Hall–Kier alpha value is -0.600. The van der Waals surface area contributed by atoms with Crippen LogP contribution in [0.5, 0.6) is 0 Å². The SMILES string of the molecule is O=C(F)c1ccc(Cl)c(Cl)c1. The van der Waals surface area contributed by atoms with E-state index in [2.05, 4.69) is 0 Å². The van der Waals surface area contributed by atoms with Crippen LogP contribution in [-0.4, -0.2) is 6.04 Å². The third-order valence-electron chi connectivity index (χ3n) is 1.15. The van der Waals surface area contributed by atoms with E-state index in [1.165, 1.54) is 18.2 Å². The summed E-state index contributed by atoms with van der Waals surface area (Å²) in [5.74, 6) is 0. The lowest BCUT2D eigenvalue weighted by Gasteiger charge is -1.95. The van der Waals surface area contributed by atoms with E-state index in [0.717, 1.165) is 0 Å². The molecule has 0 aromatic heterocycles. The molecule has 0 aliphatic heterocycles. The maximum Gasteiger partial charge on any atom is 0.332 e. The first-order chi connectivity index (χ1) is 5.11. The molecule has 11 heavy (non-hydrogen) atoms. The molecule has 4 heteroatoms. The second kappa shape index (κ2) is 3.20. The van der Waals surface area contributed by atoms with E-state index in [4.69, 9.17) is 23.2 Å². The highest BCUT2D eigenvalue weighted by Gasteiger charge is 2.05. The van der Waals surface area contributed by atoms with Crippen molar-refractivity contribution in [2.24, 2.45) is 0 Å². The second-order valence-corrected chi connectivity index (χ2v) is 2.72. The van der Waals surface area contributed by atoms with Gasteiger partial charge in [0.2, 0.25) is 0 Å². The molecule has 0 bridgehead atoms. The molecule has 0 saturated carbocycles. The van der Waals surface area contributed by atoms with Crippen LogP contribution in [0.3, 0.4) is 0 Å². The Morgan fingerprint density at radius 2 is 1.91 bits per heavy atom. The highest BCUT2D eigenvalue weighted by molar-refractivity contribution is 6.42. The van der Waals surface area contributed by atoms with Gasteiger partial charge in [-0.1, -0.05) is 23.2 Å². The summed E-state index contributed by atoms with van der Waals surface area (Å²) in [5.41, 5.74) is -0.0839. The van der Waals surface area contributed by atoms with Crippen molar-refractivity contribution in [3.63, 3.8) is 0 Å². The number of benzene rings is 1. The molecule has 0 aliphatic carbocycles. The van der Waals surface area contributed by atoms with Crippen LogP contribution in [-0.2, 0) is 0 Å². The minimum atomic E-state index is -1.51. The molecule has 0 saturated heterocycles. The van der Waals surface area contributed by atoms with Gasteiger partial charge in [-0.25, -0.2) is 0 Å². The third kappa shape index (κ3) is 1.91. The van der Waals surface area contributed by atoms with E-state index < -0.39 is 6.04 Å². The van der Waals surface area contributed by atoms with E-state index in [9.17, 15) is 9.18 Å². The predicted molar refractivity (Wildman–Crippen MR) is 41.9 cm³/mol. The Balaban J connectivity index is 3.15. The van der Waals surface area contributed by atoms with Crippen LogP contribution in [0.25, 0.3) is 0 Å². The molecule has 1 aromatic carbocycles. The number of rotatable bonds is 1. The number of hydrogen-bond acceptors (Lipinski definition) is 1. The molecule has 1 aromatic rings. The maximum atomic E-state index is 12.0. The summed E-state index contributed by atoms with van der Waals surface area (Å²) >= 11 is 11.0. The molecule has 0 spiro atoms. The van der Waals surface area contributed by atoms with Crippen molar-refractivity contribution in [3.05, 3.63) is 33.8 Å². The molecular formula is C7H3Cl2FO. The summed E-state index contributed by atoms with van der Waals surface area (Å²) in [6, 6.07) is 2.32. The van der Waals surface area contributed by atoms with Crippen molar-refractivity contribution in [1.82, 2.24) is 0 Å². The minimum Gasteiger partial charge on any atom is -0.255 e. The van der Waals surface area contributed by atoms with E-state index in [-0.39, 0.29) is 10.6 Å². The minimum absolute atomic E-state index is 0.0839. The topological polar surface area (TPSA) is 17.1 Å². The first kappa shape index (κ1) is 8.50. The largest absolute Gasteiger partial charge is 0.332 e. The average molecular weight is 193 g/mol. The first-order valence-corrected chi connectivity index (χ1v) is 3.52. The third-order valence-corrected chi connectivity index (χ3v) is 1.89. The van der Waals surface area contributed by atoms with Crippen molar-refractivity contribution in [1.29, 1.82) is 0 Å². The molecule has 0 N–H and O–H groups in total. The van der Waals surface area contributed by atoms with Gasteiger partial charge in [-0.05, 0) is 18.2 Å². The van der Waals surface area contributed by atoms with Gasteiger partial charge < -0.3 is 0 Å². The molecule has 0 unspecified atom stereocenters. The Bertz CT molecular complexity index is 298. The van der Waals surface area contributed by atoms with Crippen molar-refractivity contribution in [3.8, 4) is 0 Å². The van der Waals surface area contributed by atoms with E-state index in [1.807, 2.05) is 0 Å². The number of hydrogen-bond donors (Lipinski definition) is 0. The molecule has 0 fully saturated rings. The molecule has 0 amide bonds. The van der Waals surface area contributed by atoms with Crippen LogP contribution in [0, 0.1) is 0 Å². The van der Waals surface area contributed by atoms with E-state index in [1.54, 1.807) is 0 Å². The van der Waals surface area contributed by atoms with Crippen LogP contribution < -0.4 is 0 Å². The Kier molecular flexibility index (Phi) is 2.47. The Labute approximate surface area is 72.7 Å². The predicted octanol–water partition coefficient (Wildman–Crippen LogP) is 3.10. The molecule has 0 radical (unpaired) electrons. The van der Waals surface area contributed by atoms with Gasteiger partial charge in [0.25, 0.3) is 0 Å². The van der Waals surface area contributed by atoms with Gasteiger partial charge >= 0.3 is 6.04 Å². The van der Waals surface area contributed by atoms with Gasteiger partial charge in [-0.2, -0.15) is 4.39 Å². The Morgan fingerprint density at radius 1 is 1.27 bits per heavy atom. The quantitative estimate of drug-likeness (QED) is 0.626. The molecule has 0 aliphatic rings. The van der Waals surface area contributed by atoms with Gasteiger partial charge in [-0.15, -0.1) is 0 Å². The molecular weight excluding hydrogens is 190 g/mol. The lowest BCUT2D eigenvalue weighted by molar-refractivity contribution is 0.0836. The fourth-order valence-corrected chi connectivity index (χ4v) is 0.916. The van der Waals surface area contributed by atoms with Crippen molar-refractivity contribution in [2.45, 2.75) is 0 Å². The van der Waals surface area contributed by atoms with Gasteiger partial charge in [0.15, 0.2) is 0 Å². The molecule has 0 heterocycles. The number of carbonyl (C=O) groups excluding carboxylic acids is 1. The number of carbonyl (C=O) groups is 1. The zero-order chi connectivity index (χ0) is 8.43. The molecule has 1 rings (SSSR count). The van der Waals surface area contributed by atoms with Crippen molar-refractivity contribution >= 4 is 29.2 Å². The normalized spacial score (nSPS) is 9.73. The van der Waals surface area contributed by atoms with Crippen LogP contribution >= 0.6 is 23.2 Å². The summed E-state index contributed by atoms with van der Waals surface area (Å²) < 4.78 is 12.0. The van der Waals surface area contributed by atoms with E-state index >= 15 is 0 Å². The summed E-state index contributed by atoms with van der Waals surface area (Å²) in [5, 5.41) is 0.479. The maximum absolute atomic E-state index is 12.0. The summed E-state index contributed by atoms with van der Waals surface area (Å²) in [4.78, 5) is 10.1. The molecule has 0 atom stereocenters. The second-order valence-electron chi connectivity index (χ2n) is 1.90. The van der Waals surface area contributed by atoms with Gasteiger partial charge in [-0.3, -0.25) is 4.79 Å². The van der Waals surface area contributed by atoms with Crippen LogP contribution in [0.15, 0.2) is 18.2 Å². The Morgan fingerprint density at radius 3 is 2.36 bits per heavy atom. The van der Waals surface area contributed by atoms with Crippen LogP contribution in [0.4, 0.5) is 4.39 Å². The number of halogens is 3. The monoisotopic (exact) mass is 192 g/mol. The molecule has 1 nitrogen and oxygen atoms in total. The molecule has 58 valence electrons. The summed E-state index contributed by atoms with van der Waals surface area (Å²) in [7, 11) is 0. The smallest absolute Gasteiger partial charge is 0.255 e. The van der Waals surface area contributed by atoms with Gasteiger partial charge in [0.05, 0.1) is 15.6 Å². The first-order valence-electron chi connectivity index (χ1n) is 2.76. The summed E-state index contributed by atoms with van der Waals surface area (Å²) in [6.07, 6.45) is 0. The zero-order valence-electron chi connectivity index (χ0n) is 5.27. The fraction of sp³-hybridized carbons (Fsp3) is 0. The van der Waals surface area contributed by atoms with Gasteiger partial charge in [0.1, 0.15) is 0 Å². The highest BCUT2D eigenvalue weighted by Crippen LogP contribution is 2.22. The summed E-state index contributed by atoms with van der Waals surface area (Å²) in [6.45, 7) is 0. The lowest BCUT2D eigenvalue weighted by Crippen LogP contribution is -1.88. The van der Waals surface area contributed by atoms with E-state index in [0.29, 0.717) is 5.02 Å². The standard InChI is InChI=1S/C7H3Cl2FO/c8-5-2-1-4(7(10)11)3-6(5)9/h1-3H. The van der Waals surface area contributed by atoms with Crippen LogP contribution in [0.2, 0.25) is 10.0 Å². The fourth-order valence-electron chi connectivity index (χ4n) is 0.618. The van der Waals surface area contributed by atoms with Crippen molar-refractivity contribution < 1.29 is 9.18 Å². The lowest BCUT2D eigenvalue weighted by atomic mass is 10.2. The highest BCUT2D eigenvalue weighted by atomic mass is 35.5. The van der Waals surface area contributed by atoms with Crippen molar-refractivity contribution in [2.75, 3.05) is 0 Å².